The normalized spacial score (nSPS) is 23.1. The third-order valence-electron chi connectivity index (χ3n) is 8.49. The number of hydrogen-bond donors (Lipinski definition) is 0. The lowest BCUT2D eigenvalue weighted by molar-refractivity contribution is -0.222. The van der Waals surface area contributed by atoms with Crippen molar-refractivity contribution in [2.75, 3.05) is 13.2 Å². The molecule has 0 aromatic heterocycles. The number of unbranched alkanes of at least 4 members (excludes halogenated alkanes) is 2. The first-order valence-electron chi connectivity index (χ1n) is 14.9. The predicted octanol–water partition coefficient (Wildman–Crippen LogP) is 9.96. The molecule has 8 heteroatoms. The zero-order chi connectivity index (χ0) is 29.7. The van der Waals surface area contributed by atoms with Crippen LogP contribution in [0.25, 0.3) is 11.1 Å². The second kappa shape index (κ2) is 13.6. The van der Waals surface area contributed by atoms with Crippen molar-refractivity contribution < 1.29 is 36.2 Å². The zero-order valence-corrected chi connectivity index (χ0v) is 23.8. The van der Waals surface area contributed by atoms with E-state index in [0.29, 0.717) is 30.9 Å². The molecule has 5 rings (SSSR count). The first-order chi connectivity index (χ1) is 20.2. The quantitative estimate of drug-likeness (QED) is 0.134. The van der Waals surface area contributed by atoms with Gasteiger partial charge in [0.1, 0.15) is 5.75 Å². The van der Waals surface area contributed by atoms with Crippen LogP contribution in [0.1, 0.15) is 81.6 Å². The van der Waals surface area contributed by atoms with Gasteiger partial charge in [-0.05, 0) is 54.7 Å². The van der Waals surface area contributed by atoms with Crippen LogP contribution in [0.4, 0.5) is 22.0 Å². The maximum Gasteiger partial charge on any atom is 0.400 e. The van der Waals surface area contributed by atoms with Crippen LogP contribution in [0, 0.1) is 29.3 Å². The molecule has 3 aromatic carbocycles. The van der Waals surface area contributed by atoms with Gasteiger partial charge in [0.2, 0.25) is 0 Å². The molecule has 0 spiro atoms. The van der Waals surface area contributed by atoms with E-state index >= 15 is 0 Å². The fourth-order valence-corrected chi connectivity index (χ4v) is 5.96. The van der Waals surface area contributed by atoms with Gasteiger partial charge in [-0.15, -0.1) is 0 Å². The molecule has 0 radical (unpaired) electrons. The lowest BCUT2D eigenvalue weighted by Crippen LogP contribution is -2.37. The summed E-state index contributed by atoms with van der Waals surface area (Å²) in [5, 5.41) is 0. The first-order valence-corrected chi connectivity index (χ1v) is 14.9. The summed E-state index contributed by atoms with van der Waals surface area (Å²) in [6.07, 6.45) is 2.29. The summed E-state index contributed by atoms with van der Waals surface area (Å²) >= 11 is 0. The second-order valence-corrected chi connectivity index (χ2v) is 11.5. The first kappa shape index (κ1) is 30.5. The average molecular weight is 589 g/mol. The summed E-state index contributed by atoms with van der Waals surface area (Å²) in [5.74, 6) is -6.10. The summed E-state index contributed by atoms with van der Waals surface area (Å²) in [5.41, 5.74) is 4.19. The molecule has 0 amide bonds. The Hall–Kier alpha value is -2.97. The van der Waals surface area contributed by atoms with Gasteiger partial charge in [0.15, 0.2) is 23.7 Å². The maximum atomic E-state index is 14.8. The van der Waals surface area contributed by atoms with E-state index in [2.05, 4.69) is 23.8 Å². The Kier molecular flexibility index (Phi) is 9.84. The van der Waals surface area contributed by atoms with Crippen molar-refractivity contribution in [2.24, 2.45) is 11.8 Å². The standard InChI is InChI=1S/C34H37F5O3/c1-2-3-4-5-22-20-40-33(41-21-22)27-12-10-25(11-13-27)23-6-8-24(9-7-23)26-14-16-28(17-15-26)34(38,39)42-29-18-30(35)32(37)31(36)19-29/h6-13,18-19,22,26,28,33H,2-5,14-17,20-21H2,1H3. The molecule has 2 aliphatic rings. The summed E-state index contributed by atoms with van der Waals surface area (Å²) in [6, 6.07) is 17.2. The molecule has 0 bridgehead atoms. The van der Waals surface area contributed by atoms with Crippen molar-refractivity contribution in [3.63, 3.8) is 0 Å². The topological polar surface area (TPSA) is 27.7 Å². The predicted molar refractivity (Wildman–Crippen MR) is 151 cm³/mol. The monoisotopic (exact) mass is 588 g/mol. The largest absolute Gasteiger partial charge is 0.432 e. The third kappa shape index (κ3) is 7.32. The van der Waals surface area contributed by atoms with Gasteiger partial charge in [-0.1, -0.05) is 74.7 Å². The molecule has 0 atom stereocenters. The Balaban J connectivity index is 1.12. The average Bonchev–Trinajstić information content (AvgIpc) is 3.00. The van der Waals surface area contributed by atoms with Crippen LogP contribution in [0.5, 0.6) is 5.75 Å². The fourth-order valence-electron chi connectivity index (χ4n) is 5.96. The van der Waals surface area contributed by atoms with Crippen LogP contribution < -0.4 is 4.74 Å². The molecule has 1 aliphatic carbocycles. The summed E-state index contributed by atoms with van der Waals surface area (Å²) in [6.45, 7) is 3.64. The van der Waals surface area contributed by atoms with Crippen molar-refractivity contribution >= 4 is 0 Å². The minimum atomic E-state index is -3.62. The number of rotatable bonds is 10. The maximum absolute atomic E-state index is 14.8. The van der Waals surface area contributed by atoms with Gasteiger partial charge in [0.05, 0.1) is 19.1 Å². The number of ether oxygens (including phenoxy) is 3. The van der Waals surface area contributed by atoms with E-state index in [1.807, 2.05) is 36.4 Å². The lowest BCUT2D eigenvalue weighted by Gasteiger charge is -2.33. The van der Waals surface area contributed by atoms with Crippen LogP contribution in [0.3, 0.4) is 0 Å². The van der Waals surface area contributed by atoms with Crippen molar-refractivity contribution in [3.8, 4) is 16.9 Å². The molecular weight excluding hydrogens is 551 g/mol. The molecule has 1 heterocycles. The van der Waals surface area contributed by atoms with E-state index in [1.165, 1.54) is 19.3 Å². The van der Waals surface area contributed by atoms with E-state index in [9.17, 15) is 22.0 Å². The van der Waals surface area contributed by atoms with Crippen molar-refractivity contribution in [1.29, 1.82) is 0 Å². The van der Waals surface area contributed by atoms with E-state index in [0.717, 1.165) is 41.9 Å². The molecule has 1 aliphatic heterocycles. The SMILES string of the molecule is CCCCCC1COC(c2ccc(-c3ccc(C4CCC(C(F)(F)Oc5cc(F)c(F)c(F)c5)CC4)cc3)cc2)OC1. The number of halogens is 5. The molecule has 226 valence electrons. The van der Waals surface area contributed by atoms with Gasteiger partial charge < -0.3 is 14.2 Å². The Labute approximate surface area is 244 Å². The summed E-state index contributed by atoms with van der Waals surface area (Å²) in [4.78, 5) is 0. The zero-order valence-electron chi connectivity index (χ0n) is 23.8. The van der Waals surface area contributed by atoms with E-state index < -0.39 is 35.2 Å². The highest BCUT2D eigenvalue weighted by atomic mass is 19.3. The van der Waals surface area contributed by atoms with Gasteiger partial charge in [0, 0.05) is 23.6 Å². The summed E-state index contributed by atoms with van der Waals surface area (Å²) < 4.78 is 86.2. The molecule has 3 aromatic rings. The number of hydrogen-bond acceptors (Lipinski definition) is 3. The minimum Gasteiger partial charge on any atom is -0.432 e. The van der Waals surface area contributed by atoms with E-state index in [4.69, 9.17) is 9.47 Å². The van der Waals surface area contributed by atoms with Gasteiger partial charge in [-0.2, -0.15) is 8.78 Å². The Morgan fingerprint density at radius 3 is 1.86 bits per heavy atom. The van der Waals surface area contributed by atoms with Gasteiger partial charge >= 0.3 is 6.11 Å². The molecule has 0 N–H and O–H groups in total. The Bertz CT molecular complexity index is 1270. The Morgan fingerprint density at radius 1 is 0.762 bits per heavy atom. The van der Waals surface area contributed by atoms with Crippen LogP contribution in [-0.4, -0.2) is 19.3 Å². The molecular formula is C34H37F5O3. The highest BCUT2D eigenvalue weighted by molar-refractivity contribution is 5.64. The van der Waals surface area contributed by atoms with E-state index in [1.54, 1.807) is 0 Å². The van der Waals surface area contributed by atoms with Crippen molar-refractivity contribution in [3.05, 3.63) is 89.2 Å². The highest BCUT2D eigenvalue weighted by Gasteiger charge is 2.44. The number of benzene rings is 3. The van der Waals surface area contributed by atoms with Crippen molar-refractivity contribution in [2.45, 2.75) is 76.6 Å². The Morgan fingerprint density at radius 2 is 1.31 bits per heavy atom. The second-order valence-electron chi connectivity index (χ2n) is 11.5. The van der Waals surface area contributed by atoms with Crippen LogP contribution in [0.2, 0.25) is 0 Å². The van der Waals surface area contributed by atoms with Crippen LogP contribution >= 0.6 is 0 Å². The lowest BCUT2D eigenvalue weighted by atomic mass is 9.78. The molecule has 1 saturated heterocycles. The molecule has 1 saturated carbocycles. The molecule has 42 heavy (non-hydrogen) atoms. The van der Waals surface area contributed by atoms with E-state index in [-0.39, 0.29) is 25.0 Å². The smallest absolute Gasteiger partial charge is 0.400 e. The highest BCUT2D eigenvalue weighted by Crippen LogP contribution is 2.43. The summed E-state index contributed by atoms with van der Waals surface area (Å²) in [7, 11) is 0. The molecule has 2 fully saturated rings. The number of alkyl halides is 2. The minimum absolute atomic E-state index is 0.126. The van der Waals surface area contributed by atoms with Gasteiger partial charge in [-0.25, -0.2) is 13.2 Å². The van der Waals surface area contributed by atoms with Crippen LogP contribution in [-0.2, 0) is 9.47 Å². The molecule has 0 unspecified atom stereocenters. The van der Waals surface area contributed by atoms with Gasteiger partial charge in [0.25, 0.3) is 0 Å². The molecule has 3 nitrogen and oxygen atoms in total. The van der Waals surface area contributed by atoms with Crippen molar-refractivity contribution in [1.82, 2.24) is 0 Å². The van der Waals surface area contributed by atoms with Gasteiger partial charge in [-0.3, -0.25) is 0 Å². The fraction of sp³-hybridized carbons (Fsp3) is 0.471. The van der Waals surface area contributed by atoms with Crippen LogP contribution in [0.15, 0.2) is 60.7 Å². The third-order valence-corrected chi connectivity index (χ3v) is 8.49.